The molecule has 0 spiro atoms. The first kappa shape index (κ1) is 10.3. The van der Waals surface area contributed by atoms with Gasteiger partial charge in [0.1, 0.15) is 6.10 Å². The van der Waals surface area contributed by atoms with Crippen molar-refractivity contribution in [1.29, 1.82) is 0 Å². The van der Waals surface area contributed by atoms with E-state index in [1.807, 2.05) is 6.07 Å². The third-order valence-electron chi connectivity index (χ3n) is 2.22. The molecule has 0 amide bonds. The summed E-state index contributed by atoms with van der Waals surface area (Å²) in [5, 5.41) is 9.37. The van der Waals surface area contributed by atoms with E-state index in [-0.39, 0.29) is 11.9 Å². The van der Waals surface area contributed by atoms with Gasteiger partial charge in [-0.2, -0.15) is 0 Å². The van der Waals surface area contributed by atoms with E-state index >= 15 is 0 Å². The molecule has 0 saturated carbocycles. The summed E-state index contributed by atoms with van der Waals surface area (Å²) in [6, 6.07) is 5.18. The van der Waals surface area contributed by atoms with Crippen LogP contribution in [0.25, 0.3) is 0 Å². The van der Waals surface area contributed by atoms with Gasteiger partial charge in [-0.25, -0.2) is 0 Å². The lowest BCUT2D eigenvalue weighted by atomic mass is 10.2. The molecule has 0 aliphatic carbocycles. The van der Waals surface area contributed by atoms with Gasteiger partial charge < -0.3 is 19.3 Å². The van der Waals surface area contributed by atoms with Crippen LogP contribution in [-0.2, 0) is 16.1 Å². The Balaban J connectivity index is 1.89. The lowest BCUT2D eigenvalue weighted by molar-refractivity contribution is 0.104. The van der Waals surface area contributed by atoms with Crippen molar-refractivity contribution in [2.24, 2.45) is 0 Å². The first-order chi connectivity index (χ1) is 7.29. The highest BCUT2D eigenvalue weighted by atomic mass is 16.6. The average molecular weight is 210 g/mol. The van der Waals surface area contributed by atoms with Crippen LogP contribution in [0.5, 0.6) is 11.5 Å². The molecule has 15 heavy (non-hydrogen) atoms. The molecule has 82 valence electrons. The van der Waals surface area contributed by atoms with Crippen molar-refractivity contribution >= 4 is 0 Å². The maximum absolute atomic E-state index is 9.37. The molecular weight excluding hydrogens is 196 g/mol. The smallest absolute Gasteiger partial charge is 0.160 e. The molecular formula is C11H14O4. The number of methoxy groups -OCH3 is 1. The molecule has 0 bridgehead atoms. The molecule has 1 aromatic rings. The predicted molar refractivity (Wildman–Crippen MR) is 54.1 cm³/mol. The highest BCUT2D eigenvalue weighted by molar-refractivity contribution is 5.41. The van der Waals surface area contributed by atoms with Crippen molar-refractivity contribution in [1.82, 2.24) is 0 Å². The lowest BCUT2D eigenvalue weighted by Crippen LogP contribution is -2.01. The van der Waals surface area contributed by atoms with Crippen molar-refractivity contribution in [3.63, 3.8) is 0 Å². The highest BCUT2D eigenvalue weighted by Crippen LogP contribution is 2.26. The van der Waals surface area contributed by atoms with Crippen LogP contribution in [0.2, 0.25) is 0 Å². The normalized spacial score (nSPS) is 18.9. The van der Waals surface area contributed by atoms with Crippen LogP contribution < -0.4 is 4.74 Å². The van der Waals surface area contributed by atoms with E-state index in [1.54, 1.807) is 12.1 Å². The number of ether oxygens (including phenoxy) is 3. The second-order valence-corrected chi connectivity index (χ2v) is 3.48. The van der Waals surface area contributed by atoms with Gasteiger partial charge in [0.15, 0.2) is 11.5 Å². The zero-order valence-electron chi connectivity index (χ0n) is 8.60. The Bertz CT molecular complexity index is 333. The Hall–Kier alpha value is -1.26. The summed E-state index contributed by atoms with van der Waals surface area (Å²) in [6.07, 6.45) is 0.281. The van der Waals surface area contributed by atoms with Crippen LogP contribution in [0.1, 0.15) is 5.56 Å². The average Bonchev–Trinajstić information content (AvgIpc) is 3.04. The van der Waals surface area contributed by atoms with E-state index in [1.165, 1.54) is 7.11 Å². The van der Waals surface area contributed by atoms with Crippen molar-refractivity contribution in [2.75, 3.05) is 20.3 Å². The van der Waals surface area contributed by atoms with Crippen LogP contribution in [-0.4, -0.2) is 31.5 Å². The third-order valence-corrected chi connectivity index (χ3v) is 2.22. The standard InChI is InChI=1S/C11H14O4/c1-13-11-4-8(2-3-10(11)12)5-14-6-9-7-15-9/h2-4,9,12H,5-7H2,1H3. The summed E-state index contributed by atoms with van der Waals surface area (Å²) in [4.78, 5) is 0. The molecule has 1 aromatic carbocycles. The maximum atomic E-state index is 9.37. The number of aromatic hydroxyl groups is 1. The minimum absolute atomic E-state index is 0.145. The number of epoxide rings is 1. The van der Waals surface area contributed by atoms with E-state index in [4.69, 9.17) is 14.2 Å². The Kier molecular flexibility index (Phi) is 3.08. The van der Waals surface area contributed by atoms with Gasteiger partial charge >= 0.3 is 0 Å². The fourth-order valence-electron chi connectivity index (χ4n) is 1.28. The first-order valence-corrected chi connectivity index (χ1v) is 4.85. The summed E-state index contributed by atoms with van der Waals surface area (Å²) in [6.45, 7) is 1.94. The van der Waals surface area contributed by atoms with Crippen molar-refractivity contribution in [3.05, 3.63) is 23.8 Å². The molecule has 4 heteroatoms. The topological polar surface area (TPSA) is 51.2 Å². The van der Waals surface area contributed by atoms with Crippen molar-refractivity contribution in [2.45, 2.75) is 12.7 Å². The van der Waals surface area contributed by atoms with Gasteiger partial charge in [-0.1, -0.05) is 6.07 Å². The quantitative estimate of drug-likeness (QED) is 0.744. The van der Waals surface area contributed by atoms with Crippen LogP contribution >= 0.6 is 0 Å². The number of rotatable bonds is 5. The largest absolute Gasteiger partial charge is 0.504 e. The molecule has 1 heterocycles. The number of phenolic OH excluding ortho intramolecular Hbond substituents is 1. The van der Waals surface area contributed by atoms with Gasteiger partial charge in [0.25, 0.3) is 0 Å². The summed E-state index contributed by atoms with van der Waals surface area (Å²) in [5.74, 6) is 0.616. The number of phenols is 1. The maximum Gasteiger partial charge on any atom is 0.160 e. The fourth-order valence-corrected chi connectivity index (χ4v) is 1.28. The summed E-state index contributed by atoms with van der Waals surface area (Å²) in [5.41, 5.74) is 0.977. The molecule has 0 radical (unpaired) electrons. The van der Waals surface area contributed by atoms with Gasteiger partial charge in [-0.3, -0.25) is 0 Å². The molecule has 1 aliphatic heterocycles. The molecule has 1 atom stereocenters. The van der Waals surface area contributed by atoms with Crippen LogP contribution in [0.4, 0.5) is 0 Å². The fraction of sp³-hybridized carbons (Fsp3) is 0.455. The molecule has 0 aromatic heterocycles. The van der Waals surface area contributed by atoms with Crippen LogP contribution in [0, 0.1) is 0 Å². The second kappa shape index (κ2) is 4.51. The Morgan fingerprint density at radius 2 is 2.33 bits per heavy atom. The van der Waals surface area contributed by atoms with Gasteiger partial charge in [0.2, 0.25) is 0 Å². The van der Waals surface area contributed by atoms with Gasteiger partial charge in [-0.15, -0.1) is 0 Å². The molecule has 1 fully saturated rings. The van der Waals surface area contributed by atoms with Crippen molar-refractivity contribution < 1.29 is 19.3 Å². The van der Waals surface area contributed by atoms with E-state index in [2.05, 4.69) is 0 Å². The van der Waals surface area contributed by atoms with E-state index in [0.29, 0.717) is 19.0 Å². The number of hydrogen-bond donors (Lipinski definition) is 1. The monoisotopic (exact) mass is 210 g/mol. The van der Waals surface area contributed by atoms with Gasteiger partial charge in [0, 0.05) is 0 Å². The first-order valence-electron chi connectivity index (χ1n) is 4.85. The molecule has 2 rings (SSSR count). The van der Waals surface area contributed by atoms with Crippen LogP contribution in [0.15, 0.2) is 18.2 Å². The lowest BCUT2D eigenvalue weighted by Gasteiger charge is -2.06. The van der Waals surface area contributed by atoms with E-state index in [9.17, 15) is 5.11 Å². The second-order valence-electron chi connectivity index (χ2n) is 3.48. The Labute approximate surface area is 88.4 Å². The van der Waals surface area contributed by atoms with Gasteiger partial charge in [-0.05, 0) is 17.7 Å². The highest BCUT2D eigenvalue weighted by Gasteiger charge is 2.22. The predicted octanol–water partition coefficient (Wildman–Crippen LogP) is 1.32. The zero-order chi connectivity index (χ0) is 10.7. The number of hydrogen-bond acceptors (Lipinski definition) is 4. The number of benzene rings is 1. The Morgan fingerprint density at radius 1 is 1.53 bits per heavy atom. The molecule has 1 unspecified atom stereocenters. The summed E-state index contributed by atoms with van der Waals surface area (Å²) < 4.78 is 15.4. The SMILES string of the molecule is COc1cc(COCC2CO2)ccc1O. The van der Waals surface area contributed by atoms with Crippen LogP contribution in [0.3, 0.4) is 0 Å². The molecule has 1 aliphatic rings. The third kappa shape index (κ3) is 2.84. The zero-order valence-corrected chi connectivity index (χ0v) is 8.60. The molecule has 1 saturated heterocycles. The molecule has 1 N–H and O–H groups in total. The summed E-state index contributed by atoms with van der Waals surface area (Å²) >= 11 is 0. The van der Waals surface area contributed by atoms with Crippen molar-refractivity contribution in [3.8, 4) is 11.5 Å². The van der Waals surface area contributed by atoms with E-state index < -0.39 is 0 Å². The minimum Gasteiger partial charge on any atom is -0.504 e. The minimum atomic E-state index is 0.145. The van der Waals surface area contributed by atoms with E-state index in [0.717, 1.165) is 12.2 Å². The Morgan fingerprint density at radius 3 is 3.00 bits per heavy atom. The molecule has 4 nitrogen and oxygen atoms in total. The summed E-state index contributed by atoms with van der Waals surface area (Å²) in [7, 11) is 1.53. The van der Waals surface area contributed by atoms with Gasteiger partial charge in [0.05, 0.1) is 26.9 Å².